The predicted octanol–water partition coefficient (Wildman–Crippen LogP) is 3.84. The molecule has 0 saturated carbocycles. The predicted molar refractivity (Wildman–Crippen MR) is 92.8 cm³/mol. The maximum atomic E-state index is 4.52. The van der Waals surface area contributed by atoms with Gasteiger partial charge in [0, 0.05) is 30.8 Å². The van der Waals surface area contributed by atoms with Gasteiger partial charge in [-0.2, -0.15) is 4.98 Å². The molecular weight excluding hydrogens is 286 g/mol. The highest BCUT2D eigenvalue weighted by atomic mass is 15.1. The Morgan fingerprint density at radius 1 is 0.913 bits per heavy atom. The topological polar surface area (TPSA) is 62.7 Å². The monoisotopic (exact) mass is 305 g/mol. The minimum absolute atomic E-state index is 0.585. The fourth-order valence-corrected chi connectivity index (χ4v) is 2.33. The van der Waals surface area contributed by atoms with Crippen molar-refractivity contribution in [3.63, 3.8) is 0 Å². The third-order valence-corrected chi connectivity index (χ3v) is 3.60. The standard InChI is InChI=1S/C18H19N5/c1-13-4-3-5-14(2)17(13)23-18-20-11-8-16(22-18)21-12-15-6-9-19-10-7-15/h3-11H,12H2,1-2H3,(H2,20,21,22,23). The SMILES string of the molecule is Cc1cccc(C)c1Nc1nccc(NCc2ccncc2)n1. The summed E-state index contributed by atoms with van der Waals surface area (Å²) in [5, 5.41) is 6.60. The van der Waals surface area contributed by atoms with Crippen LogP contribution in [0.15, 0.2) is 55.0 Å². The zero-order chi connectivity index (χ0) is 16.1. The second-order valence-electron chi connectivity index (χ2n) is 5.37. The van der Waals surface area contributed by atoms with E-state index in [1.807, 2.05) is 24.3 Å². The van der Waals surface area contributed by atoms with E-state index in [4.69, 9.17) is 0 Å². The summed E-state index contributed by atoms with van der Waals surface area (Å²) < 4.78 is 0. The van der Waals surface area contributed by atoms with Gasteiger partial charge >= 0.3 is 0 Å². The van der Waals surface area contributed by atoms with Gasteiger partial charge in [0.05, 0.1) is 0 Å². The Kier molecular flexibility index (Phi) is 4.47. The van der Waals surface area contributed by atoms with E-state index in [1.54, 1.807) is 18.6 Å². The highest BCUT2D eigenvalue weighted by Gasteiger charge is 2.05. The molecule has 116 valence electrons. The lowest BCUT2D eigenvalue weighted by atomic mass is 10.1. The van der Waals surface area contributed by atoms with E-state index in [0.29, 0.717) is 12.5 Å². The van der Waals surface area contributed by atoms with E-state index in [9.17, 15) is 0 Å². The fourth-order valence-electron chi connectivity index (χ4n) is 2.33. The molecule has 0 aliphatic heterocycles. The van der Waals surface area contributed by atoms with Gasteiger partial charge in [-0.25, -0.2) is 4.98 Å². The van der Waals surface area contributed by atoms with E-state index in [0.717, 1.165) is 17.1 Å². The Bertz CT molecular complexity index is 766. The molecule has 0 atom stereocenters. The van der Waals surface area contributed by atoms with Gasteiger partial charge in [0.1, 0.15) is 5.82 Å². The highest BCUT2D eigenvalue weighted by Crippen LogP contribution is 2.22. The average molecular weight is 305 g/mol. The number of anilines is 3. The van der Waals surface area contributed by atoms with Crippen LogP contribution in [0.2, 0.25) is 0 Å². The van der Waals surface area contributed by atoms with Gasteiger partial charge in [-0.3, -0.25) is 4.98 Å². The molecule has 0 aliphatic rings. The highest BCUT2D eigenvalue weighted by molar-refractivity contribution is 5.63. The van der Waals surface area contributed by atoms with Crippen molar-refractivity contribution in [2.75, 3.05) is 10.6 Å². The number of rotatable bonds is 5. The van der Waals surface area contributed by atoms with E-state index in [2.05, 4.69) is 51.6 Å². The fraction of sp³-hybridized carbons (Fsp3) is 0.167. The summed E-state index contributed by atoms with van der Waals surface area (Å²) in [5.41, 5.74) is 4.55. The van der Waals surface area contributed by atoms with Crippen LogP contribution in [0.5, 0.6) is 0 Å². The van der Waals surface area contributed by atoms with Gasteiger partial charge < -0.3 is 10.6 Å². The Hall–Kier alpha value is -2.95. The number of nitrogens with one attached hydrogen (secondary N) is 2. The number of aromatic nitrogens is 3. The maximum Gasteiger partial charge on any atom is 0.229 e. The van der Waals surface area contributed by atoms with Crippen molar-refractivity contribution < 1.29 is 0 Å². The first-order valence-electron chi connectivity index (χ1n) is 7.51. The molecule has 2 aromatic heterocycles. The molecule has 0 saturated heterocycles. The first kappa shape index (κ1) is 15.0. The Morgan fingerprint density at radius 3 is 2.39 bits per heavy atom. The molecule has 3 aromatic rings. The van der Waals surface area contributed by atoms with Gasteiger partial charge in [0.15, 0.2) is 0 Å². The third kappa shape index (κ3) is 3.83. The minimum Gasteiger partial charge on any atom is -0.366 e. The molecule has 0 amide bonds. The summed E-state index contributed by atoms with van der Waals surface area (Å²) in [6, 6.07) is 12.0. The molecule has 2 N–H and O–H groups in total. The molecule has 0 radical (unpaired) electrons. The van der Waals surface area contributed by atoms with Crippen LogP contribution in [-0.2, 0) is 6.54 Å². The van der Waals surface area contributed by atoms with Gasteiger partial charge in [-0.05, 0) is 48.7 Å². The van der Waals surface area contributed by atoms with Crippen LogP contribution < -0.4 is 10.6 Å². The molecule has 5 heteroatoms. The van der Waals surface area contributed by atoms with Crippen molar-refractivity contribution >= 4 is 17.5 Å². The molecule has 23 heavy (non-hydrogen) atoms. The summed E-state index contributed by atoms with van der Waals surface area (Å²) in [7, 11) is 0. The van der Waals surface area contributed by atoms with E-state index < -0.39 is 0 Å². The van der Waals surface area contributed by atoms with E-state index in [-0.39, 0.29) is 0 Å². The number of aryl methyl sites for hydroxylation is 2. The lowest BCUT2D eigenvalue weighted by Gasteiger charge is -2.12. The third-order valence-electron chi connectivity index (χ3n) is 3.60. The number of pyridine rings is 1. The van der Waals surface area contributed by atoms with Crippen molar-refractivity contribution in [1.29, 1.82) is 0 Å². The van der Waals surface area contributed by atoms with Gasteiger partial charge in [0.25, 0.3) is 0 Å². The van der Waals surface area contributed by atoms with Gasteiger partial charge in [-0.1, -0.05) is 18.2 Å². The lowest BCUT2D eigenvalue weighted by Crippen LogP contribution is -2.05. The number of nitrogens with zero attached hydrogens (tertiary/aromatic N) is 3. The summed E-state index contributed by atoms with van der Waals surface area (Å²) in [5.74, 6) is 1.37. The quantitative estimate of drug-likeness (QED) is 0.750. The second-order valence-corrected chi connectivity index (χ2v) is 5.37. The first-order chi connectivity index (χ1) is 11.2. The maximum absolute atomic E-state index is 4.52. The molecule has 0 fully saturated rings. The van der Waals surface area contributed by atoms with Crippen LogP contribution in [-0.4, -0.2) is 15.0 Å². The molecule has 0 aliphatic carbocycles. The molecule has 3 rings (SSSR count). The molecule has 5 nitrogen and oxygen atoms in total. The Labute approximate surface area is 135 Å². The molecule has 0 bridgehead atoms. The second kappa shape index (κ2) is 6.87. The summed E-state index contributed by atoms with van der Waals surface area (Å²) in [4.78, 5) is 12.8. The average Bonchev–Trinajstić information content (AvgIpc) is 2.58. The van der Waals surface area contributed by atoms with Crippen LogP contribution in [0.4, 0.5) is 17.5 Å². The Morgan fingerprint density at radius 2 is 1.65 bits per heavy atom. The first-order valence-corrected chi connectivity index (χ1v) is 7.51. The van der Waals surface area contributed by atoms with Crippen LogP contribution in [0.1, 0.15) is 16.7 Å². The molecule has 0 unspecified atom stereocenters. The summed E-state index contributed by atoms with van der Waals surface area (Å²) in [6.45, 7) is 4.84. The molecule has 1 aromatic carbocycles. The van der Waals surface area contributed by atoms with Crippen LogP contribution >= 0.6 is 0 Å². The molecule has 2 heterocycles. The number of benzene rings is 1. The van der Waals surface area contributed by atoms with Crippen molar-refractivity contribution in [2.24, 2.45) is 0 Å². The largest absolute Gasteiger partial charge is 0.366 e. The van der Waals surface area contributed by atoms with Crippen LogP contribution in [0.25, 0.3) is 0 Å². The van der Waals surface area contributed by atoms with Crippen molar-refractivity contribution in [3.8, 4) is 0 Å². The zero-order valence-corrected chi connectivity index (χ0v) is 13.2. The van der Waals surface area contributed by atoms with Crippen LogP contribution in [0.3, 0.4) is 0 Å². The number of hydrogen-bond donors (Lipinski definition) is 2. The zero-order valence-electron chi connectivity index (χ0n) is 13.2. The summed E-state index contributed by atoms with van der Waals surface area (Å²) in [6.07, 6.45) is 5.31. The van der Waals surface area contributed by atoms with E-state index >= 15 is 0 Å². The van der Waals surface area contributed by atoms with Gasteiger partial charge in [-0.15, -0.1) is 0 Å². The van der Waals surface area contributed by atoms with Crippen molar-refractivity contribution in [2.45, 2.75) is 20.4 Å². The minimum atomic E-state index is 0.585. The van der Waals surface area contributed by atoms with Crippen LogP contribution in [0, 0.1) is 13.8 Å². The summed E-state index contributed by atoms with van der Waals surface area (Å²) >= 11 is 0. The lowest BCUT2D eigenvalue weighted by molar-refractivity contribution is 1.07. The smallest absolute Gasteiger partial charge is 0.229 e. The normalized spacial score (nSPS) is 10.3. The van der Waals surface area contributed by atoms with E-state index in [1.165, 1.54) is 11.1 Å². The van der Waals surface area contributed by atoms with Crippen molar-refractivity contribution in [1.82, 2.24) is 15.0 Å². The Balaban J connectivity index is 1.72. The molecular formula is C18H19N5. The number of hydrogen-bond acceptors (Lipinski definition) is 5. The number of para-hydroxylation sites is 1. The molecule has 0 spiro atoms. The van der Waals surface area contributed by atoms with Crippen molar-refractivity contribution in [3.05, 3.63) is 71.7 Å². The van der Waals surface area contributed by atoms with Gasteiger partial charge in [0.2, 0.25) is 5.95 Å².